The highest BCUT2D eigenvalue weighted by Crippen LogP contribution is 2.25. The van der Waals surface area contributed by atoms with Crippen molar-refractivity contribution < 1.29 is 14.4 Å². The van der Waals surface area contributed by atoms with Crippen LogP contribution >= 0.6 is 0 Å². The van der Waals surface area contributed by atoms with E-state index in [1.165, 1.54) is 5.01 Å². The topological polar surface area (TPSA) is 117 Å². The Morgan fingerprint density at radius 2 is 1.66 bits per heavy atom. The van der Waals surface area contributed by atoms with Crippen LogP contribution in [0.25, 0.3) is 0 Å². The van der Waals surface area contributed by atoms with Crippen LogP contribution in [0.2, 0.25) is 0 Å². The van der Waals surface area contributed by atoms with Gasteiger partial charge in [-0.15, -0.1) is 0 Å². The lowest BCUT2D eigenvalue weighted by molar-refractivity contribution is -0.119. The van der Waals surface area contributed by atoms with Gasteiger partial charge in [0.2, 0.25) is 5.91 Å². The van der Waals surface area contributed by atoms with Crippen LogP contribution < -0.4 is 21.4 Å². The fraction of sp³-hybridized carbons (Fsp3) is 0.238. The minimum absolute atomic E-state index is 0.117. The number of nitrogens with zero attached hydrogens (tertiary/aromatic N) is 2. The maximum atomic E-state index is 12.6. The van der Waals surface area contributed by atoms with E-state index in [1.54, 1.807) is 36.4 Å². The molecular weight excluding hydrogens is 370 g/mol. The molecule has 8 heteroatoms. The van der Waals surface area contributed by atoms with Crippen LogP contribution in [-0.4, -0.2) is 35.5 Å². The highest BCUT2D eigenvalue weighted by atomic mass is 16.2. The molecule has 2 aliphatic rings. The summed E-state index contributed by atoms with van der Waals surface area (Å²) in [5.74, 6) is -1.08. The van der Waals surface area contributed by atoms with Gasteiger partial charge in [-0.05, 0) is 49.2 Å². The van der Waals surface area contributed by atoms with E-state index in [0.717, 1.165) is 12.8 Å². The zero-order valence-electron chi connectivity index (χ0n) is 15.7. The molecule has 4 N–H and O–H groups in total. The second-order valence-electron chi connectivity index (χ2n) is 7.13. The van der Waals surface area contributed by atoms with Gasteiger partial charge in [-0.3, -0.25) is 19.4 Å². The average Bonchev–Trinajstić information content (AvgIpc) is 3.42. The number of hydrogen-bond donors (Lipinski definition) is 3. The summed E-state index contributed by atoms with van der Waals surface area (Å²) in [5, 5.41) is 11.5. The number of nitrogens with two attached hydrogens (primary N) is 1. The van der Waals surface area contributed by atoms with Crippen LogP contribution in [0.15, 0.2) is 59.7 Å². The molecule has 3 amide bonds. The summed E-state index contributed by atoms with van der Waals surface area (Å²) in [5.41, 5.74) is 7.48. The number of hydrogen-bond acceptors (Lipinski definition) is 5. The van der Waals surface area contributed by atoms with E-state index in [-0.39, 0.29) is 24.1 Å². The Bertz CT molecular complexity index is 968. The molecule has 0 radical (unpaired) electrons. The Morgan fingerprint density at radius 1 is 0.966 bits per heavy atom. The minimum atomic E-state index is -0.716. The first-order valence-corrected chi connectivity index (χ1v) is 9.44. The van der Waals surface area contributed by atoms with E-state index in [9.17, 15) is 14.4 Å². The number of para-hydroxylation sites is 1. The largest absolute Gasteiger partial charge is 0.368 e. The highest BCUT2D eigenvalue weighted by Gasteiger charge is 2.35. The summed E-state index contributed by atoms with van der Waals surface area (Å²) in [6.45, 7) is 0. The lowest BCUT2D eigenvalue weighted by atomic mass is 10.1. The van der Waals surface area contributed by atoms with E-state index in [1.807, 2.05) is 18.2 Å². The quantitative estimate of drug-likeness (QED) is 0.694. The zero-order valence-corrected chi connectivity index (χ0v) is 15.7. The molecule has 148 valence electrons. The van der Waals surface area contributed by atoms with Crippen molar-refractivity contribution in [2.24, 2.45) is 10.8 Å². The smallest absolute Gasteiger partial charge is 0.271 e. The van der Waals surface area contributed by atoms with E-state index in [4.69, 9.17) is 5.73 Å². The Labute approximate surface area is 167 Å². The predicted molar refractivity (Wildman–Crippen MR) is 110 cm³/mol. The van der Waals surface area contributed by atoms with E-state index >= 15 is 0 Å². The predicted octanol–water partition coefficient (Wildman–Crippen LogP) is 1.64. The minimum Gasteiger partial charge on any atom is -0.368 e. The Hall–Kier alpha value is -3.68. The lowest BCUT2D eigenvalue weighted by Crippen LogP contribution is -2.39. The number of benzene rings is 2. The molecule has 1 fully saturated rings. The fourth-order valence-corrected chi connectivity index (χ4v) is 3.09. The second-order valence-corrected chi connectivity index (χ2v) is 7.13. The third-order valence-electron chi connectivity index (χ3n) is 4.84. The standard InChI is InChI=1S/C21H21N5O3/c22-19(27)18-12-17(25-26(18)16-4-2-1-3-5-16)21(29)24-14-8-6-13(7-9-14)20(28)23-15-10-11-15/h1-9,15,18H,10-12H2,(H2,22,27)(H,23,28)(H,24,29). The van der Waals surface area contributed by atoms with Gasteiger partial charge in [0.15, 0.2) is 0 Å². The van der Waals surface area contributed by atoms with Crippen molar-refractivity contribution in [2.75, 3.05) is 10.3 Å². The summed E-state index contributed by atoms with van der Waals surface area (Å²) in [6.07, 6.45) is 2.17. The number of nitrogens with one attached hydrogen (secondary N) is 2. The number of hydrazone groups is 1. The third-order valence-corrected chi connectivity index (χ3v) is 4.84. The van der Waals surface area contributed by atoms with Gasteiger partial charge in [0, 0.05) is 23.7 Å². The maximum Gasteiger partial charge on any atom is 0.271 e. The van der Waals surface area contributed by atoms with Crippen molar-refractivity contribution in [3.05, 3.63) is 60.2 Å². The van der Waals surface area contributed by atoms with Gasteiger partial charge < -0.3 is 16.4 Å². The van der Waals surface area contributed by atoms with Gasteiger partial charge in [-0.1, -0.05) is 18.2 Å². The van der Waals surface area contributed by atoms with Crippen molar-refractivity contribution in [1.29, 1.82) is 0 Å². The second kappa shape index (κ2) is 7.75. The average molecular weight is 391 g/mol. The van der Waals surface area contributed by atoms with Crippen LogP contribution in [0.5, 0.6) is 0 Å². The van der Waals surface area contributed by atoms with E-state index in [0.29, 0.717) is 16.9 Å². The molecule has 8 nitrogen and oxygen atoms in total. The molecule has 29 heavy (non-hydrogen) atoms. The van der Waals surface area contributed by atoms with Crippen LogP contribution in [-0.2, 0) is 9.59 Å². The van der Waals surface area contributed by atoms with Gasteiger partial charge in [0.1, 0.15) is 11.8 Å². The molecule has 1 aliphatic carbocycles. The molecule has 1 aliphatic heterocycles. The normalized spacial score (nSPS) is 18.1. The van der Waals surface area contributed by atoms with E-state index < -0.39 is 17.9 Å². The summed E-state index contributed by atoms with van der Waals surface area (Å²) in [7, 11) is 0. The first-order chi connectivity index (χ1) is 14.0. The summed E-state index contributed by atoms with van der Waals surface area (Å²) in [6, 6.07) is 15.3. The SMILES string of the molecule is NC(=O)C1CC(C(=O)Nc2ccc(C(=O)NC3CC3)cc2)=NN1c1ccccc1. The Balaban J connectivity index is 1.45. The van der Waals surface area contributed by atoms with Gasteiger partial charge >= 0.3 is 0 Å². The number of rotatable bonds is 6. The van der Waals surface area contributed by atoms with E-state index in [2.05, 4.69) is 15.7 Å². The summed E-state index contributed by atoms with van der Waals surface area (Å²) < 4.78 is 0. The molecule has 0 aromatic heterocycles. The molecule has 1 heterocycles. The van der Waals surface area contributed by atoms with Crippen LogP contribution in [0.4, 0.5) is 11.4 Å². The van der Waals surface area contributed by atoms with Gasteiger partial charge in [-0.25, -0.2) is 0 Å². The van der Waals surface area contributed by atoms with Crippen molar-refractivity contribution in [2.45, 2.75) is 31.3 Å². The van der Waals surface area contributed by atoms with Gasteiger partial charge in [-0.2, -0.15) is 5.10 Å². The molecule has 2 aromatic rings. The molecule has 0 spiro atoms. The molecule has 1 unspecified atom stereocenters. The molecule has 0 saturated heterocycles. The van der Waals surface area contributed by atoms with Crippen LogP contribution in [0, 0.1) is 0 Å². The molecule has 0 bridgehead atoms. The first kappa shape index (κ1) is 18.7. The van der Waals surface area contributed by atoms with Crippen molar-refractivity contribution in [3.63, 3.8) is 0 Å². The fourth-order valence-electron chi connectivity index (χ4n) is 3.09. The van der Waals surface area contributed by atoms with Crippen molar-refractivity contribution in [1.82, 2.24) is 5.32 Å². The van der Waals surface area contributed by atoms with Crippen molar-refractivity contribution in [3.8, 4) is 0 Å². The Kier molecular flexibility index (Phi) is 4.99. The van der Waals surface area contributed by atoms with Gasteiger partial charge in [0.05, 0.1) is 5.69 Å². The van der Waals surface area contributed by atoms with Gasteiger partial charge in [0.25, 0.3) is 11.8 Å². The number of carbonyl (C=O) groups excluding carboxylic acids is 3. The third kappa shape index (κ3) is 4.26. The zero-order chi connectivity index (χ0) is 20.4. The van der Waals surface area contributed by atoms with Crippen LogP contribution in [0.1, 0.15) is 29.6 Å². The monoisotopic (exact) mass is 391 g/mol. The van der Waals surface area contributed by atoms with Crippen molar-refractivity contribution >= 4 is 34.8 Å². The number of amides is 3. The molecule has 2 aromatic carbocycles. The molecular formula is C21H21N5O3. The van der Waals surface area contributed by atoms with Crippen LogP contribution in [0.3, 0.4) is 0 Å². The molecule has 1 atom stereocenters. The number of anilines is 2. The molecule has 1 saturated carbocycles. The lowest BCUT2D eigenvalue weighted by Gasteiger charge is -2.20. The Morgan fingerprint density at radius 3 is 2.28 bits per heavy atom. The maximum absolute atomic E-state index is 12.6. The number of primary amides is 1. The summed E-state index contributed by atoms with van der Waals surface area (Å²) in [4.78, 5) is 36.5. The first-order valence-electron chi connectivity index (χ1n) is 9.44. The highest BCUT2D eigenvalue weighted by molar-refractivity contribution is 6.44. The summed E-state index contributed by atoms with van der Waals surface area (Å²) >= 11 is 0. The number of carbonyl (C=O) groups is 3. The molecule has 4 rings (SSSR count).